The Hall–Kier alpha value is -10.5. The number of hydrogen-bond donors (Lipinski definition) is 8. The number of ketones is 5. The average molecular weight is 1620 g/mol. The van der Waals surface area contributed by atoms with Crippen molar-refractivity contribution >= 4 is 93.5 Å². The van der Waals surface area contributed by atoms with Crippen molar-refractivity contribution in [2.75, 3.05) is 67.3 Å². The first kappa shape index (κ1) is 95.4. The number of anilines is 1. The molecule has 0 radical (unpaired) electrons. The molecule has 1 saturated heterocycles. The maximum absolute atomic E-state index is 14.6. The van der Waals surface area contributed by atoms with Gasteiger partial charge in [0.2, 0.25) is 41.3 Å². The quantitative estimate of drug-likeness (QED) is 0.0106. The monoisotopic (exact) mass is 1620 g/mol. The number of aromatic nitrogens is 4. The summed E-state index contributed by atoms with van der Waals surface area (Å²) in [4.78, 5) is 206. The lowest BCUT2D eigenvalue weighted by Crippen LogP contribution is -2.54. The summed E-state index contributed by atoms with van der Waals surface area (Å²) >= 11 is 0. The molecule has 117 heavy (non-hydrogen) atoms. The van der Waals surface area contributed by atoms with Crippen LogP contribution in [0.2, 0.25) is 0 Å². The first-order chi connectivity index (χ1) is 55.6. The highest BCUT2D eigenvalue weighted by Crippen LogP contribution is 2.33. The lowest BCUT2D eigenvalue weighted by atomic mass is 9.85. The van der Waals surface area contributed by atoms with Gasteiger partial charge in [0.1, 0.15) is 11.6 Å². The number of carbonyl (C=O) groups is 13. The summed E-state index contributed by atoms with van der Waals surface area (Å²) in [6.07, 6.45) is 4.74. The molecule has 1 aliphatic heterocycles. The van der Waals surface area contributed by atoms with E-state index in [1.807, 2.05) is 84.0 Å². The Labute approximate surface area is 686 Å². The number of likely N-dealkylation sites (tertiary alicyclic amines) is 1. The highest BCUT2D eigenvalue weighted by atomic mass is 16.5. The Balaban J connectivity index is 0.960. The number of likely N-dealkylation sites (N-methyl/N-ethyl adjacent to an activating group) is 2. The number of amides is 8. The van der Waals surface area contributed by atoms with Gasteiger partial charge in [0.25, 0.3) is 11.5 Å². The van der Waals surface area contributed by atoms with Crippen molar-refractivity contribution < 1.29 is 76.9 Å². The summed E-state index contributed by atoms with van der Waals surface area (Å²) in [5.74, 6) is -10.2. The molecule has 0 spiro atoms. The highest BCUT2D eigenvalue weighted by molar-refractivity contribution is 6.36. The van der Waals surface area contributed by atoms with Gasteiger partial charge in [0.15, 0.2) is 22.7 Å². The first-order valence-electron chi connectivity index (χ1n) is 40.9. The summed E-state index contributed by atoms with van der Waals surface area (Å²) in [5.41, 5.74) is 14.7. The van der Waals surface area contributed by atoms with Gasteiger partial charge >= 0.3 is 12.0 Å². The molecule has 0 aliphatic carbocycles. The summed E-state index contributed by atoms with van der Waals surface area (Å²) in [6.45, 7) is 14.1. The predicted octanol–water partition coefficient (Wildman–Crippen LogP) is 7.50. The Kier molecular flexibility index (Phi) is 38.8. The van der Waals surface area contributed by atoms with Crippen LogP contribution >= 0.6 is 0 Å². The predicted molar refractivity (Wildman–Crippen MR) is 442 cm³/mol. The molecule has 30 nitrogen and oxygen atoms in total. The lowest BCUT2D eigenvalue weighted by molar-refractivity contribution is -0.150. The zero-order valence-electron chi connectivity index (χ0n) is 70.1. The third kappa shape index (κ3) is 29.9. The molecule has 1 fully saturated rings. The standard InChI is InChI=1S/C87H123N13O17/c1-13-54(6)77(99(10)83(111)66(53(4)5)49-72(105)84(112)98(8)9)73(116-11)50-75(107)100-43-21-26-68(100)78(117-12)55(7)69(102)47-62(44-58-22-16-14-17-23-58)80(108)91-42-39-57-27-29-59(30-28-57)45-71(104)67(25-20-41-92-87(89)115)95-81(109)65(52(2)3)48-64(101)24-18-15-19-40-90-74(106)38-36-61(85(113)114)46-70(103)60-34-31-56(32-35-60)33-37-63-51-93-79-76(94-63)82(110)97-86(88)96-79/h14,16-17,22-23,27-32,34-35,51-55,61-62,65-68,73,77-78H,13,15,18-21,24-26,33,36-50H2,1-12H3,(H,90,106)(H,91,108)(H,95,109)(H,113,114)(H3,89,92,115)(H3,88,93,96,97,110)/t54?,55?,61-,62-,65-,66+,67?,68?,73?,77?,78?/m1/s1. The number of benzene rings is 3. The van der Waals surface area contributed by atoms with Gasteiger partial charge in [-0.25, -0.2) is 14.8 Å². The first-order valence-corrected chi connectivity index (χ1v) is 40.9. The maximum Gasteiger partial charge on any atom is 0.312 e. The summed E-state index contributed by atoms with van der Waals surface area (Å²) in [6, 6.07) is 20.7. The molecular weight excluding hydrogens is 1500 g/mol. The summed E-state index contributed by atoms with van der Waals surface area (Å²) < 4.78 is 12.2. The Bertz CT molecular complexity index is 4250. The molecule has 0 saturated carbocycles. The number of urea groups is 1. The Morgan fingerprint density at radius 2 is 1.32 bits per heavy atom. The normalized spacial score (nSPS) is 15.3. The van der Waals surface area contributed by atoms with E-state index in [-0.39, 0.29) is 172 Å². The smallest absolute Gasteiger partial charge is 0.312 e. The van der Waals surface area contributed by atoms with Crippen LogP contribution in [0.3, 0.4) is 0 Å². The van der Waals surface area contributed by atoms with E-state index < -0.39 is 95.1 Å². The molecule has 3 aromatic carbocycles. The Morgan fingerprint density at radius 1 is 0.667 bits per heavy atom. The number of fused-ring (bicyclic) bond motifs is 1. The summed E-state index contributed by atoms with van der Waals surface area (Å²) in [5, 5.41) is 21.2. The molecule has 5 aromatic rings. The minimum Gasteiger partial charge on any atom is -0.481 e. The zero-order chi connectivity index (χ0) is 86.2. The van der Waals surface area contributed by atoms with Crippen molar-refractivity contribution in [3.05, 3.63) is 129 Å². The Morgan fingerprint density at radius 3 is 1.96 bits per heavy atom. The second-order valence-electron chi connectivity index (χ2n) is 32.0. The van der Waals surface area contributed by atoms with Gasteiger partial charge in [-0.2, -0.15) is 4.98 Å². The molecule has 7 unspecified atom stereocenters. The van der Waals surface area contributed by atoms with E-state index in [0.29, 0.717) is 87.6 Å². The van der Waals surface area contributed by atoms with E-state index in [4.69, 9.17) is 20.9 Å². The van der Waals surface area contributed by atoms with E-state index in [1.165, 1.54) is 39.4 Å². The van der Waals surface area contributed by atoms with Gasteiger partial charge in [-0.15, -0.1) is 0 Å². The third-order valence-electron chi connectivity index (χ3n) is 22.4. The van der Waals surface area contributed by atoms with Crippen LogP contribution in [0, 0.1) is 47.3 Å². The number of carbonyl (C=O) groups excluding carboxylic acids is 12. The van der Waals surface area contributed by atoms with Crippen molar-refractivity contribution in [1.29, 1.82) is 0 Å². The number of aromatic amines is 1. The number of nitrogens with one attached hydrogen (secondary N) is 5. The van der Waals surface area contributed by atoms with Crippen molar-refractivity contribution in [1.82, 2.24) is 55.9 Å². The number of ether oxygens (including phenoxy) is 2. The number of aryl methyl sites for hydroxylation is 2. The number of Topliss-reactive ketones (excluding diaryl/α,β-unsaturated/α-hetero) is 5. The number of rotatable bonds is 52. The van der Waals surface area contributed by atoms with Crippen molar-refractivity contribution in [3.8, 4) is 0 Å². The number of H-pyrrole nitrogens is 1. The van der Waals surface area contributed by atoms with Gasteiger partial charge < -0.3 is 62.0 Å². The van der Waals surface area contributed by atoms with Gasteiger partial charge in [-0.05, 0) is 111 Å². The molecule has 11 atom stereocenters. The molecule has 1 aliphatic rings. The number of unbranched alkanes of at least 4 members (excludes halogenated alkanes) is 2. The number of carboxylic acids is 1. The molecule has 2 aromatic heterocycles. The van der Waals surface area contributed by atoms with E-state index in [2.05, 4.69) is 41.2 Å². The van der Waals surface area contributed by atoms with Crippen molar-refractivity contribution in [2.24, 2.45) is 53.1 Å². The van der Waals surface area contributed by atoms with Crippen LogP contribution in [0.1, 0.15) is 190 Å². The van der Waals surface area contributed by atoms with E-state index in [9.17, 15) is 72.2 Å². The molecule has 6 rings (SSSR count). The third-order valence-corrected chi connectivity index (χ3v) is 22.4. The summed E-state index contributed by atoms with van der Waals surface area (Å²) in [7, 11) is 7.65. The van der Waals surface area contributed by atoms with Crippen LogP contribution in [0.4, 0.5) is 10.7 Å². The van der Waals surface area contributed by atoms with Gasteiger partial charge in [-0.1, -0.05) is 140 Å². The number of nitrogens with two attached hydrogens (primary N) is 2. The minimum absolute atomic E-state index is 0.0521. The van der Waals surface area contributed by atoms with Crippen molar-refractivity contribution in [2.45, 2.75) is 214 Å². The molecule has 30 heteroatoms. The van der Waals surface area contributed by atoms with Crippen LogP contribution in [0.25, 0.3) is 11.2 Å². The number of methoxy groups -OCH3 is 2. The second-order valence-corrected chi connectivity index (χ2v) is 32.0. The maximum atomic E-state index is 14.6. The van der Waals surface area contributed by atoms with Gasteiger partial charge in [0, 0.05) is 136 Å². The number of nitrogens with zero attached hydrogens (tertiary/aromatic N) is 6. The number of primary amides is 1. The SMILES string of the molecule is CCC(C)C(C(CC(=O)N1CCCC1C(OC)C(C)C(=O)C[C@@H](Cc1ccccc1)C(=O)NCCc1ccc(CC(=O)C(CCCNC(N)=O)NC(=O)[C@H](CC(=O)CCCCCNC(=O)CC[C@H](CC(=O)c2ccc(CCc3cnc4nc(N)[nH]c(=O)c4n3)cc2)C(=O)O)C(C)C)cc1)OC)N(C)C(=O)[C@@H](CC(=O)C(=O)N(C)C)C(C)C. The lowest BCUT2D eigenvalue weighted by Gasteiger charge is -2.40. The number of carboxylic acid groups (broad SMARTS) is 1. The number of nitrogen functional groups attached to an aromatic ring is 1. The molecule has 3 heterocycles. The molecular formula is C87H123N13O17. The largest absolute Gasteiger partial charge is 0.481 e. The molecule has 10 N–H and O–H groups in total. The minimum atomic E-state index is -1.20. The molecule has 0 bridgehead atoms. The van der Waals surface area contributed by atoms with Crippen LogP contribution in [-0.2, 0) is 94.3 Å². The number of aliphatic carboxylic acids is 1. The van der Waals surface area contributed by atoms with Gasteiger partial charge in [0.05, 0.1) is 54.6 Å². The van der Waals surface area contributed by atoms with E-state index >= 15 is 0 Å². The van der Waals surface area contributed by atoms with Crippen LogP contribution in [-0.4, -0.2) is 208 Å². The second kappa shape index (κ2) is 47.7. The fraction of sp³-hybridized carbons (Fsp3) is 0.575. The van der Waals surface area contributed by atoms with E-state index in [0.717, 1.165) is 16.7 Å². The number of hydrogen-bond acceptors (Lipinski definition) is 20. The van der Waals surface area contributed by atoms with Crippen LogP contribution < -0.4 is 38.3 Å². The highest BCUT2D eigenvalue weighted by Gasteiger charge is 2.44. The molecule has 8 amide bonds. The van der Waals surface area contributed by atoms with Crippen LogP contribution in [0.15, 0.2) is 89.9 Å². The average Bonchev–Trinajstić information content (AvgIpc) is 1.71. The zero-order valence-corrected chi connectivity index (χ0v) is 70.1. The van der Waals surface area contributed by atoms with Gasteiger partial charge in [-0.3, -0.25) is 67.3 Å². The van der Waals surface area contributed by atoms with Crippen molar-refractivity contribution in [3.63, 3.8) is 0 Å². The van der Waals surface area contributed by atoms with Crippen LogP contribution in [0.5, 0.6) is 0 Å². The molecule has 638 valence electrons. The topological polar surface area (TPSA) is 442 Å². The fourth-order valence-corrected chi connectivity index (χ4v) is 15.2. The fourth-order valence-electron chi connectivity index (χ4n) is 15.2. The van der Waals surface area contributed by atoms with E-state index in [1.54, 1.807) is 60.2 Å².